The Kier molecular flexibility index (Phi) is 6.93. The van der Waals surface area contributed by atoms with E-state index in [-0.39, 0.29) is 29.9 Å². The molecule has 0 aromatic carbocycles. The number of anilines is 1. The molecule has 1 aliphatic heterocycles. The first-order chi connectivity index (χ1) is 16.4. The van der Waals surface area contributed by atoms with Crippen molar-refractivity contribution in [2.45, 2.75) is 6.92 Å². The average Bonchev–Trinajstić information content (AvgIpc) is 3.61. The predicted octanol–water partition coefficient (Wildman–Crippen LogP) is 1.80. The van der Waals surface area contributed by atoms with Crippen LogP contribution in [-0.4, -0.2) is 67.0 Å². The lowest BCUT2D eigenvalue weighted by atomic mass is 10.3. The number of hydrogen-bond acceptors (Lipinski definition) is 10. The van der Waals surface area contributed by atoms with Crippen molar-refractivity contribution in [2.75, 3.05) is 44.2 Å². The van der Waals surface area contributed by atoms with Gasteiger partial charge in [-0.1, -0.05) is 0 Å². The fourth-order valence-corrected chi connectivity index (χ4v) is 4.13. The molecule has 0 spiro atoms. The molecule has 2 amide bonds. The molecule has 34 heavy (non-hydrogen) atoms. The van der Waals surface area contributed by atoms with Crippen LogP contribution in [0.25, 0.3) is 11.7 Å². The van der Waals surface area contributed by atoms with Gasteiger partial charge in [0.25, 0.3) is 17.7 Å². The highest BCUT2D eigenvalue weighted by Crippen LogP contribution is 2.29. The molecule has 0 saturated carbocycles. The van der Waals surface area contributed by atoms with Crippen LogP contribution in [-0.2, 0) is 14.3 Å². The highest BCUT2D eigenvalue weighted by molar-refractivity contribution is 7.13. The lowest BCUT2D eigenvalue weighted by Crippen LogP contribution is -2.50. The first-order valence-electron chi connectivity index (χ1n) is 10.4. The van der Waals surface area contributed by atoms with E-state index in [1.807, 2.05) is 24.0 Å². The van der Waals surface area contributed by atoms with Crippen molar-refractivity contribution < 1.29 is 28.0 Å². The van der Waals surface area contributed by atoms with Gasteiger partial charge in [0.2, 0.25) is 11.6 Å². The fourth-order valence-electron chi connectivity index (χ4n) is 3.34. The number of aromatic nitrogens is 1. The van der Waals surface area contributed by atoms with Crippen LogP contribution in [0, 0.1) is 18.3 Å². The zero-order chi connectivity index (χ0) is 24.1. The maximum Gasteiger partial charge on any atom is 0.325 e. The van der Waals surface area contributed by atoms with Gasteiger partial charge in [0.05, 0.1) is 11.1 Å². The number of esters is 1. The molecular formula is C22H21N5O6S. The van der Waals surface area contributed by atoms with Gasteiger partial charge in [0.15, 0.2) is 12.4 Å². The van der Waals surface area contributed by atoms with Crippen LogP contribution in [0.5, 0.6) is 0 Å². The first kappa shape index (κ1) is 23.1. The van der Waals surface area contributed by atoms with Crippen LogP contribution in [0.1, 0.15) is 20.2 Å². The number of oxazole rings is 1. The Morgan fingerprint density at radius 3 is 2.68 bits per heavy atom. The van der Waals surface area contributed by atoms with Gasteiger partial charge in [0, 0.05) is 31.1 Å². The number of nitrogens with one attached hydrogen (secondary N) is 1. The number of nitriles is 1. The quantitative estimate of drug-likeness (QED) is 0.498. The lowest BCUT2D eigenvalue weighted by molar-refractivity contribution is -0.151. The number of thiophene rings is 1. The number of amides is 2. The molecule has 3 aromatic heterocycles. The second kappa shape index (κ2) is 10.2. The van der Waals surface area contributed by atoms with Gasteiger partial charge in [-0.2, -0.15) is 10.2 Å². The van der Waals surface area contributed by atoms with Crippen molar-refractivity contribution in [3.63, 3.8) is 0 Å². The van der Waals surface area contributed by atoms with Crippen molar-refractivity contribution in [1.82, 2.24) is 15.2 Å². The third kappa shape index (κ3) is 5.26. The van der Waals surface area contributed by atoms with Gasteiger partial charge in [0.1, 0.15) is 12.6 Å². The SMILES string of the molecule is Cc1ccc(C(=O)NCC(=O)OCC(=O)N2CCN(c3oc(-c4ccco4)nc3C#N)CC2)s1. The van der Waals surface area contributed by atoms with Crippen LogP contribution in [0.2, 0.25) is 0 Å². The molecule has 4 heterocycles. The number of nitrogens with zero attached hydrogens (tertiary/aromatic N) is 4. The van der Waals surface area contributed by atoms with Gasteiger partial charge in [-0.25, -0.2) is 0 Å². The van der Waals surface area contributed by atoms with Crippen LogP contribution in [0.3, 0.4) is 0 Å². The van der Waals surface area contributed by atoms with Crippen LogP contribution in [0.15, 0.2) is 39.4 Å². The van der Waals surface area contributed by atoms with E-state index in [4.69, 9.17) is 13.6 Å². The van der Waals surface area contributed by atoms with E-state index in [9.17, 15) is 19.6 Å². The highest BCUT2D eigenvalue weighted by Gasteiger charge is 2.27. The van der Waals surface area contributed by atoms with Crippen molar-refractivity contribution in [2.24, 2.45) is 0 Å². The lowest BCUT2D eigenvalue weighted by Gasteiger charge is -2.34. The van der Waals surface area contributed by atoms with E-state index in [1.165, 1.54) is 17.6 Å². The molecule has 11 nitrogen and oxygen atoms in total. The molecule has 0 radical (unpaired) electrons. The summed E-state index contributed by atoms with van der Waals surface area (Å²) in [5.74, 6) is -0.453. The standard InChI is InChI=1S/C22H21N5O6S/c1-14-4-5-17(34-14)20(30)24-12-19(29)32-13-18(28)26-6-8-27(9-7-26)22-15(11-23)25-21(33-22)16-3-2-10-31-16/h2-5,10H,6-9,12-13H2,1H3,(H,24,30). The zero-order valence-electron chi connectivity index (χ0n) is 18.3. The van der Waals surface area contributed by atoms with Crippen LogP contribution in [0.4, 0.5) is 5.88 Å². The van der Waals surface area contributed by atoms with Crippen LogP contribution >= 0.6 is 11.3 Å². The third-order valence-corrected chi connectivity index (χ3v) is 6.08. The van der Waals surface area contributed by atoms with Crippen molar-refractivity contribution in [1.29, 1.82) is 5.26 Å². The first-order valence-corrected chi connectivity index (χ1v) is 11.2. The Balaban J connectivity index is 1.23. The predicted molar refractivity (Wildman–Crippen MR) is 120 cm³/mol. The van der Waals surface area contributed by atoms with Crippen LogP contribution < -0.4 is 10.2 Å². The van der Waals surface area contributed by atoms with E-state index in [0.717, 1.165) is 4.88 Å². The molecule has 0 unspecified atom stereocenters. The molecule has 1 fully saturated rings. The molecule has 1 saturated heterocycles. The van der Waals surface area contributed by atoms with Gasteiger partial charge in [-0.05, 0) is 31.2 Å². The van der Waals surface area contributed by atoms with E-state index in [0.29, 0.717) is 42.7 Å². The monoisotopic (exact) mass is 483 g/mol. The average molecular weight is 484 g/mol. The summed E-state index contributed by atoms with van der Waals surface area (Å²) >= 11 is 1.32. The normalized spacial score (nSPS) is 13.4. The van der Waals surface area contributed by atoms with Gasteiger partial charge >= 0.3 is 5.97 Å². The number of ether oxygens (including phenoxy) is 1. The summed E-state index contributed by atoms with van der Waals surface area (Å²) in [6.07, 6.45) is 1.49. The topological polar surface area (TPSA) is 142 Å². The Bertz CT molecular complexity index is 1220. The van der Waals surface area contributed by atoms with E-state index < -0.39 is 12.6 Å². The summed E-state index contributed by atoms with van der Waals surface area (Å²) in [5, 5.41) is 11.9. The van der Waals surface area contributed by atoms with Crippen molar-refractivity contribution in [3.05, 3.63) is 46.0 Å². The number of hydrogen-bond donors (Lipinski definition) is 1. The molecule has 1 N–H and O–H groups in total. The molecule has 12 heteroatoms. The summed E-state index contributed by atoms with van der Waals surface area (Å²) in [6, 6.07) is 8.89. The maximum atomic E-state index is 12.4. The van der Waals surface area contributed by atoms with Gasteiger partial charge in [-0.3, -0.25) is 14.4 Å². The molecule has 0 bridgehead atoms. The molecule has 176 valence electrons. The summed E-state index contributed by atoms with van der Waals surface area (Å²) in [7, 11) is 0. The molecule has 3 aromatic rings. The number of aryl methyl sites for hydroxylation is 1. The highest BCUT2D eigenvalue weighted by atomic mass is 32.1. The van der Waals surface area contributed by atoms with Gasteiger partial charge in [-0.15, -0.1) is 11.3 Å². The molecule has 4 rings (SSSR count). The van der Waals surface area contributed by atoms with Crippen molar-refractivity contribution >= 4 is 35.0 Å². The van der Waals surface area contributed by atoms with E-state index >= 15 is 0 Å². The smallest absolute Gasteiger partial charge is 0.325 e. The minimum Gasteiger partial charge on any atom is -0.459 e. The summed E-state index contributed by atoms with van der Waals surface area (Å²) < 4.78 is 16.0. The minimum absolute atomic E-state index is 0.139. The Labute approximate surface area is 198 Å². The van der Waals surface area contributed by atoms with Crippen molar-refractivity contribution in [3.8, 4) is 17.7 Å². The second-order valence-electron chi connectivity index (χ2n) is 7.38. The van der Waals surface area contributed by atoms with Gasteiger partial charge < -0.3 is 28.7 Å². The largest absolute Gasteiger partial charge is 0.459 e. The third-order valence-electron chi connectivity index (χ3n) is 5.08. The second-order valence-corrected chi connectivity index (χ2v) is 8.67. The molecule has 0 aliphatic carbocycles. The summed E-state index contributed by atoms with van der Waals surface area (Å²) in [6.45, 7) is 2.68. The number of rotatable bonds is 7. The number of carbonyl (C=O) groups excluding carboxylic acids is 3. The fraction of sp³-hybridized carbons (Fsp3) is 0.318. The number of carbonyl (C=O) groups is 3. The molecule has 1 aliphatic rings. The van der Waals surface area contributed by atoms with E-state index in [2.05, 4.69) is 10.3 Å². The maximum absolute atomic E-state index is 12.4. The number of piperazine rings is 1. The minimum atomic E-state index is -0.695. The molecular weight excluding hydrogens is 462 g/mol. The molecule has 0 atom stereocenters. The summed E-state index contributed by atoms with van der Waals surface area (Å²) in [5.41, 5.74) is 0.139. The zero-order valence-corrected chi connectivity index (χ0v) is 19.1. The Morgan fingerprint density at radius 2 is 2.03 bits per heavy atom. The Morgan fingerprint density at radius 1 is 1.24 bits per heavy atom. The van der Waals surface area contributed by atoms with E-state index in [1.54, 1.807) is 23.1 Å². The Hall–Kier alpha value is -4.11. The number of furan rings is 1. The summed E-state index contributed by atoms with van der Waals surface area (Å²) in [4.78, 5) is 45.4.